The first kappa shape index (κ1) is 31.9. The van der Waals surface area contributed by atoms with Gasteiger partial charge in [-0.15, -0.1) is 11.3 Å². The van der Waals surface area contributed by atoms with Crippen molar-refractivity contribution in [1.29, 1.82) is 0 Å². The van der Waals surface area contributed by atoms with Gasteiger partial charge in [-0.25, -0.2) is 8.78 Å². The molecule has 0 unspecified atom stereocenters. The van der Waals surface area contributed by atoms with Crippen LogP contribution >= 0.6 is 11.3 Å². The van der Waals surface area contributed by atoms with E-state index in [-0.39, 0.29) is 43.1 Å². The number of hydrogen-bond acceptors (Lipinski definition) is 4. The van der Waals surface area contributed by atoms with Crippen LogP contribution in [0.1, 0.15) is 27.0 Å². The van der Waals surface area contributed by atoms with Gasteiger partial charge in [-0.1, -0.05) is 24.3 Å². The van der Waals surface area contributed by atoms with Crippen LogP contribution in [0.15, 0.2) is 72.8 Å². The average Bonchev–Trinajstić information content (AvgIpc) is 3.34. The van der Waals surface area contributed by atoms with Gasteiger partial charge in [0.1, 0.15) is 17.4 Å². The minimum absolute atomic E-state index is 0.0112. The van der Waals surface area contributed by atoms with Crippen molar-refractivity contribution < 1.29 is 44.7 Å². The summed E-state index contributed by atoms with van der Waals surface area (Å²) in [6, 6.07) is 13.7. The lowest BCUT2D eigenvalue weighted by molar-refractivity contribution is -0.140. The fourth-order valence-corrected chi connectivity index (χ4v) is 6.02. The second-order valence-corrected chi connectivity index (χ2v) is 11.0. The number of ether oxygens (including phenoxy) is 1. The summed E-state index contributed by atoms with van der Waals surface area (Å²) in [4.78, 5) is 13.7. The van der Waals surface area contributed by atoms with Gasteiger partial charge < -0.3 is 15.4 Å². The van der Waals surface area contributed by atoms with Gasteiger partial charge in [0.15, 0.2) is 0 Å². The Morgan fingerprint density at radius 3 is 2.20 bits per heavy atom. The molecule has 0 atom stereocenters. The molecule has 0 radical (unpaired) electrons. The van der Waals surface area contributed by atoms with Gasteiger partial charge in [0.25, 0.3) is 5.91 Å². The Hall–Kier alpha value is -4.49. The molecule has 0 aliphatic heterocycles. The van der Waals surface area contributed by atoms with Crippen molar-refractivity contribution in [2.75, 3.05) is 19.5 Å². The van der Waals surface area contributed by atoms with Crippen LogP contribution in [-0.4, -0.2) is 20.1 Å². The molecule has 1 amide bonds. The summed E-state index contributed by atoms with van der Waals surface area (Å²) in [6.45, 7) is 0.445. The first-order valence-electron chi connectivity index (χ1n) is 13.1. The van der Waals surface area contributed by atoms with Crippen molar-refractivity contribution in [2.45, 2.75) is 18.9 Å². The van der Waals surface area contributed by atoms with Crippen molar-refractivity contribution in [1.82, 2.24) is 5.32 Å². The van der Waals surface area contributed by atoms with Crippen LogP contribution in [0.2, 0.25) is 0 Å². The molecule has 4 nitrogen and oxygen atoms in total. The Kier molecular flexibility index (Phi) is 8.60. The fraction of sp³-hybridized carbons (Fsp3) is 0.156. The lowest BCUT2D eigenvalue weighted by Crippen LogP contribution is -2.14. The van der Waals surface area contributed by atoms with Crippen LogP contribution in [0.25, 0.3) is 31.7 Å². The highest BCUT2D eigenvalue weighted by Crippen LogP contribution is 2.46. The van der Waals surface area contributed by atoms with E-state index in [1.54, 1.807) is 25.2 Å². The van der Waals surface area contributed by atoms with Crippen molar-refractivity contribution in [3.63, 3.8) is 0 Å². The van der Waals surface area contributed by atoms with E-state index in [1.807, 2.05) is 0 Å². The molecular weight excluding hydrogens is 628 g/mol. The summed E-state index contributed by atoms with van der Waals surface area (Å²) in [6.07, 6.45) is -9.77. The minimum Gasteiger partial charge on any atom is -0.496 e. The molecule has 1 aromatic heterocycles. The number of nitrogens with one attached hydrogen (secondary N) is 2. The van der Waals surface area contributed by atoms with E-state index in [0.717, 1.165) is 29.8 Å². The number of thiophene rings is 1. The molecule has 0 spiro atoms. The maximum Gasteiger partial charge on any atom is 0.419 e. The van der Waals surface area contributed by atoms with Gasteiger partial charge in [-0.3, -0.25) is 4.79 Å². The van der Waals surface area contributed by atoms with E-state index in [4.69, 9.17) is 4.74 Å². The number of fused-ring (bicyclic) bond motifs is 1. The molecule has 0 saturated heterocycles. The lowest BCUT2D eigenvalue weighted by atomic mass is 9.99. The molecule has 0 bridgehead atoms. The number of carbonyl (C=O) groups excluding carboxylic acids is 1. The molecule has 0 saturated carbocycles. The predicted molar refractivity (Wildman–Crippen MR) is 156 cm³/mol. The summed E-state index contributed by atoms with van der Waals surface area (Å²) in [5.41, 5.74) is -1.68. The Labute approximate surface area is 255 Å². The summed E-state index contributed by atoms with van der Waals surface area (Å²) in [7, 11) is 3.02. The highest BCUT2D eigenvalue weighted by atomic mass is 32.1. The van der Waals surface area contributed by atoms with E-state index in [0.29, 0.717) is 35.6 Å². The third-order valence-electron chi connectivity index (χ3n) is 6.96. The van der Waals surface area contributed by atoms with Crippen molar-refractivity contribution in [2.24, 2.45) is 0 Å². The average molecular weight is 651 g/mol. The first-order chi connectivity index (χ1) is 21.2. The molecular formula is C32H22F8N2O2S. The minimum atomic E-state index is -5.06. The summed E-state index contributed by atoms with van der Waals surface area (Å²) >= 11 is 0.696. The Morgan fingerprint density at radius 1 is 0.822 bits per heavy atom. The van der Waals surface area contributed by atoms with Crippen molar-refractivity contribution >= 4 is 33.0 Å². The molecule has 45 heavy (non-hydrogen) atoms. The molecule has 0 aliphatic carbocycles. The fourth-order valence-electron chi connectivity index (χ4n) is 4.83. The molecule has 5 rings (SSSR count). The number of rotatable bonds is 7. The number of methoxy groups -OCH3 is 1. The zero-order chi connectivity index (χ0) is 32.7. The maximum atomic E-state index is 14.9. The molecule has 1 heterocycles. The summed E-state index contributed by atoms with van der Waals surface area (Å²) in [5, 5.41) is 5.68. The number of hydrogen-bond donors (Lipinski definition) is 2. The van der Waals surface area contributed by atoms with Crippen molar-refractivity contribution in [3.8, 4) is 27.3 Å². The molecule has 2 N–H and O–H groups in total. The second kappa shape index (κ2) is 12.1. The predicted octanol–water partition coefficient (Wildman–Crippen LogP) is 9.53. The topological polar surface area (TPSA) is 50.4 Å². The summed E-state index contributed by atoms with van der Waals surface area (Å²) in [5.74, 6) is -2.86. The van der Waals surface area contributed by atoms with Crippen LogP contribution in [-0.2, 0) is 18.9 Å². The number of benzene rings is 4. The quantitative estimate of drug-likeness (QED) is 0.173. The molecule has 0 fully saturated rings. The number of alkyl halides is 6. The lowest BCUT2D eigenvalue weighted by Gasteiger charge is -2.14. The Balaban J connectivity index is 1.65. The highest BCUT2D eigenvalue weighted by Gasteiger charge is 2.35. The van der Waals surface area contributed by atoms with Crippen LogP contribution in [0.4, 0.5) is 40.8 Å². The van der Waals surface area contributed by atoms with Crippen LogP contribution < -0.4 is 15.4 Å². The SMILES string of the molecule is CNCc1ccc(F)c(-c2ccc(OC)c(C(=O)Nc3c(-c4ccc(F)c(C(F)(F)F)c4)sc4cc(C(F)(F)F)ccc34)c2)c1. The largest absolute Gasteiger partial charge is 0.496 e. The van der Waals surface area contributed by atoms with Crippen LogP contribution in [0.3, 0.4) is 0 Å². The zero-order valence-corrected chi connectivity index (χ0v) is 24.2. The molecule has 0 aliphatic rings. The van der Waals surface area contributed by atoms with Gasteiger partial charge in [0, 0.05) is 22.2 Å². The van der Waals surface area contributed by atoms with E-state index in [9.17, 15) is 39.9 Å². The van der Waals surface area contributed by atoms with E-state index in [1.165, 1.54) is 25.3 Å². The third-order valence-corrected chi connectivity index (χ3v) is 8.16. The number of anilines is 1. The van der Waals surface area contributed by atoms with E-state index < -0.39 is 41.0 Å². The molecule has 4 aromatic carbocycles. The van der Waals surface area contributed by atoms with Gasteiger partial charge in [0.05, 0.1) is 34.4 Å². The normalized spacial score (nSPS) is 12.0. The second-order valence-electron chi connectivity index (χ2n) is 9.92. The van der Waals surface area contributed by atoms with Gasteiger partial charge in [-0.2, -0.15) is 26.3 Å². The highest BCUT2D eigenvalue weighted by molar-refractivity contribution is 7.23. The van der Waals surface area contributed by atoms with Crippen molar-refractivity contribution in [3.05, 3.63) is 107 Å². The van der Waals surface area contributed by atoms with E-state index >= 15 is 0 Å². The standard InChI is InChI=1S/C32H22F8N2O2S/c1-41-15-16-3-8-24(33)21(11-16)17-5-10-26(44-2)22(12-17)30(43)42-28-20-7-6-19(31(35,36)37)14-27(20)45-29(28)18-4-9-25(34)23(13-18)32(38,39)40/h3-14,41H,15H2,1-2H3,(H,42,43). The number of amides is 1. The smallest absolute Gasteiger partial charge is 0.419 e. The van der Waals surface area contributed by atoms with Gasteiger partial charge in [0.2, 0.25) is 0 Å². The van der Waals surface area contributed by atoms with E-state index in [2.05, 4.69) is 10.6 Å². The van der Waals surface area contributed by atoms with Crippen LogP contribution in [0, 0.1) is 11.6 Å². The Bertz CT molecular complexity index is 1910. The number of halogens is 8. The molecule has 5 aromatic rings. The van der Waals surface area contributed by atoms with Crippen LogP contribution in [0.5, 0.6) is 5.75 Å². The maximum absolute atomic E-state index is 14.9. The summed E-state index contributed by atoms with van der Waals surface area (Å²) < 4.78 is 115. The Morgan fingerprint density at radius 2 is 1.53 bits per heavy atom. The molecule has 234 valence electrons. The number of carbonyl (C=O) groups is 1. The first-order valence-corrected chi connectivity index (χ1v) is 14.0. The monoisotopic (exact) mass is 650 g/mol. The molecule has 13 heteroatoms. The van der Waals surface area contributed by atoms with Gasteiger partial charge >= 0.3 is 12.4 Å². The third kappa shape index (κ3) is 6.50. The zero-order valence-electron chi connectivity index (χ0n) is 23.4. The van der Waals surface area contributed by atoms with Gasteiger partial charge in [-0.05, 0) is 72.3 Å².